The molecular weight excluding hydrogens is 371 g/mol. The fourth-order valence-electron chi connectivity index (χ4n) is 3.97. The Bertz CT molecular complexity index is 840. The van der Waals surface area contributed by atoms with Gasteiger partial charge in [-0.25, -0.2) is 12.8 Å². The van der Waals surface area contributed by atoms with Gasteiger partial charge in [0.05, 0.1) is 29.5 Å². The first-order chi connectivity index (χ1) is 12.8. The van der Waals surface area contributed by atoms with Crippen molar-refractivity contribution < 1.29 is 22.4 Å². The number of aryl methyl sites for hydroxylation is 1. The average Bonchev–Trinajstić information content (AvgIpc) is 2.89. The van der Waals surface area contributed by atoms with Gasteiger partial charge in [0.2, 0.25) is 11.8 Å². The molecule has 0 aromatic heterocycles. The average molecular weight is 396 g/mol. The third-order valence-corrected chi connectivity index (χ3v) is 6.98. The molecule has 2 amide bonds. The van der Waals surface area contributed by atoms with E-state index in [2.05, 4.69) is 10.6 Å². The van der Waals surface area contributed by atoms with Gasteiger partial charge in [-0.3, -0.25) is 9.59 Å². The Hall–Kier alpha value is -1.96. The van der Waals surface area contributed by atoms with Gasteiger partial charge in [-0.1, -0.05) is 13.0 Å². The van der Waals surface area contributed by atoms with E-state index >= 15 is 0 Å². The molecule has 27 heavy (non-hydrogen) atoms. The molecule has 0 radical (unpaired) electrons. The highest BCUT2D eigenvalue weighted by Gasteiger charge is 2.43. The molecule has 3 atom stereocenters. The quantitative estimate of drug-likeness (QED) is 0.792. The Balaban J connectivity index is 1.74. The van der Waals surface area contributed by atoms with Crippen LogP contribution >= 0.6 is 0 Å². The molecule has 1 unspecified atom stereocenters. The predicted octanol–water partition coefficient (Wildman–Crippen LogP) is 1.65. The van der Waals surface area contributed by atoms with E-state index in [4.69, 9.17) is 0 Å². The lowest BCUT2D eigenvalue weighted by atomic mass is 9.87. The largest absolute Gasteiger partial charge is 0.352 e. The van der Waals surface area contributed by atoms with Crippen molar-refractivity contribution in [1.82, 2.24) is 10.6 Å². The molecule has 0 bridgehead atoms. The Morgan fingerprint density at radius 1 is 1.22 bits per heavy atom. The van der Waals surface area contributed by atoms with E-state index < -0.39 is 21.8 Å². The summed E-state index contributed by atoms with van der Waals surface area (Å²) in [6, 6.07) is 3.57. The van der Waals surface area contributed by atoms with Crippen LogP contribution in [0, 0.1) is 11.7 Å². The fourth-order valence-corrected chi connectivity index (χ4v) is 5.90. The molecule has 0 spiro atoms. The minimum atomic E-state index is -3.38. The number of nitrogens with one attached hydrogen (secondary N) is 2. The summed E-state index contributed by atoms with van der Waals surface area (Å²) in [6.45, 7) is 1.86. The molecular formula is C19H25FN2O4S. The zero-order valence-corrected chi connectivity index (χ0v) is 16.1. The van der Waals surface area contributed by atoms with E-state index in [1.54, 1.807) is 6.07 Å². The zero-order valence-electron chi connectivity index (χ0n) is 15.3. The molecule has 0 saturated carbocycles. The Labute approximate surface area is 158 Å². The summed E-state index contributed by atoms with van der Waals surface area (Å²) in [5.41, 5.74) is 1.75. The van der Waals surface area contributed by atoms with Crippen LogP contribution in [0.2, 0.25) is 0 Å². The zero-order chi connectivity index (χ0) is 19.6. The number of hydrogen-bond donors (Lipinski definition) is 2. The number of carbonyl (C=O) groups is 2. The van der Waals surface area contributed by atoms with Crippen LogP contribution in [0.1, 0.15) is 49.8 Å². The number of carbonyl (C=O) groups excluding carboxylic acids is 2. The number of amides is 2. The second kappa shape index (κ2) is 7.96. The number of rotatable bonds is 5. The molecule has 6 nitrogen and oxygen atoms in total. The number of fused-ring (bicyclic) bond motifs is 1. The van der Waals surface area contributed by atoms with Crippen LogP contribution in [0.25, 0.3) is 0 Å². The molecule has 8 heteroatoms. The first-order valence-electron chi connectivity index (χ1n) is 9.37. The normalized spacial score (nSPS) is 26.2. The fraction of sp³-hybridized carbons (Fsp3) is 0.579. The van der Waals surface area contributed by atoms with Gasteiger partial charge in [0.25, 0.3) is 0 Å². The van der Waals surface area contributed by atoms with Gasteiger partial charge in [0.15, 0.2) is 9.84 Å². The van der Waals surface area contributed by atoms with Crippen molar-refractivity contribution >= 4 is 21.7 Å². The first kappa shape index (κ1) is 19.8. The predicted molar refractivity (Wildman–Crippen MR) is 99.2 cm³/mol. The molecule has 2 aliphatic rings. The van der Waals surface area contributed by atoms with Crippen molar-refractivity contribution in [3.05, 3.63) is 35.1 Å². The van der Waals surface area contributed by atoms with Gasteiger partial charge >= 0.3 is 0 Å². The van der Waals surface area contributed by atoms with Crippen LogP contribution in [0.15, 0.2) is 18.2 Å². The second-order valence-corrected chi connectivity index (χ2v) is 9.56. The van der Waals surface area contributed by atoms with Crippen LogP contribution in [0.3, 0.4) is 0 Å². The van der Waals surface area contributed by atoms with E-state index in [0.29, 0.717) is 12.8 Å². The molecule has 3 rings (SSSR count). The van der Waals surface area contributed by atoms with E-state index in [1.807, 2.05) is 6.92 Å². The minimum Gasteiger partial charge on any atom is -0.352 e. The molecule has 2 N–H and O–H groups in total. The second-order valence-electron chi connectivity index (χ2n) is 7.40. The van der Waals surface area contributed by atoms with E-state index in [9.17, 15) is 22.4 Å². The molecule has 148 valence electrons. The lowest BCUT2D eigenvalue weighted by molar-refractivity contribution is -0.126. The Morgan fingerprint density at radius 2 is 2.00 bits per heavy atom. The minimum absolute atomic E-state index is 0.215. The van der Waals surface area contributed by atoms with Gasteiger partial charge in [-0.2, -0.15) is 0 Å². The third kappa shape index (κ3) is 4.66. The maximum absolute atomic E-state index is 13.5. The van der Waals surface area contributed by atoms with Crippen molar-refractivity contribution in [3.8, 4) is 0 Å². The van der Waals surface area contributed by atoms with Crippen LogP contribution < -0.4 is 10.6 Å². The molecule has 1 aliphatic carbocycles. The van der Waals surface area contributed by atoms with E-state index in [1.165, 1.54) is 12.1 Å². The van der Waals surface area contributed by atoms with Gasteiger partial charge < -0.3 is 10.6 Å². The number of hydrogen-bond acceptors (Lipinski definition) is 4. The van der Waals surface area contributed by atoms with Crippen molar-refractivity contribution in [2.75, 3.05) is 11.5 Å². The van der Waals surface area contributed by atoms with Gasteiger partial charge in [-0.05, 0) is 48.9 Å². The van der Waals surface area contributed by atoms with Crippen LogP contribution in [0.4, 0.5) is 4.39 Å². The summed E-state index contributed by atoms with van der Waals surface area (Å²) < 4.78 is 37.6. The van der Waals surface area contributed by atoms with E-state index in [0.717, 1.165) is 30.4 Å². The monoisotopic (exact) mass is 396 g/mol. The van der Waals surface area contributed by atoms with Crippen LogP contribution in [-0.4, -0.2) is 37.8 Å². The molecule has 1 aromatic rings. The highest BCUT2D eigenvalue weighted by Crippen LogP contribution is 2.31. The Morgan fingerprint density at radius 3 is 2.74 bits per heavy atom. The smallest absolute Gasteiger partial charge is 0.226 e. The maximum atomic E-state index is 13.5. The summed E-state index contributed by atoms with van der Waals surface area (Å²) in [5, 5.41) is 5.63. The highest BCUT2D eigenvalue weighted by molar-refractivity contribution is 7.91. The summed E-state index contributed by atoms with van der Waals surface area (Å²) >= 11 is 0. The van der Waals surface area contributed by atoms with Crippen LogP contribution in [-0.2, 0) is 25.8 Å². The molecule has 1 aliphatic heterocycles. The van der Waals surface area contributed by atoms with E-state index in [-0.39, 0.29) is 35.2 Å². The molecule has 1 fully saturated rings. The lowest BCUT2D eigenvalue weighted by Crippen LogP contribution is -2.47. The summed E-state index contributed by atoms with van der Waals surface area (Å²) in [6.07, 6.45) is 3.24. The van der Waals surface area contributed by atoms with Gasteiger partial charge in [0, 0.05) is 6.42 Å². The van der Waals surface area contributed by atoms with Gasteiger partial charge in [0.1, 0.15) is 5.82 Å². The summed E-state index contributed by atoms with van der Waals surface area (Å²) in [4.78, 5) is 24.7. The third-order valence-electron chi connectivity index (χ3n) is 5.25. The maximum Gasteiger partial charge on any atom is 0.226 e. The van der Waals surface area contributed by atoms with Crippen LogP contribution in [0.5, 0.6) is 0 Å². The Kier molecular flexibility index (Phi) is 5.83. The highest BCUT2D eigenvalue weighted by atomic mass is 32.2. The number of benzene rings is 1. The summed E-state index contributed by atoms with van der Waals surface area (Å²) in [7, 11) is -3.38. The summed E-state index contributed by atoms with van der Waals surface area (Å²) in [5.74, 6) is -2.20. The molecule has 1 saturated heterocycles. The van der Waals surface area contributed by atoms with Crippen molar-refractivity contribution in [3.63, 3.8) is 0 Å². The van der Waals surface area contributed by atoms with Crippen molar-refractivity contribution in [2.24, 2.45) is 5.92 Å². The topological polar surface area (TPSA) is 92.3 Å². The lowest BCUT2D eigenvalue weighted by Gasteiger charge is -2.28. The molecule has 1 heterocycles. The number of halogens is 1. The number of sulfone groups is 1. The SMILES string of the molecule is CCCC(=O)N[C@@H]1CS(=O)(=O)C[C@H]1C(=O)NC1CCCc2cc(F)ccc21. The van der Waals surface area contributed by atoms with Gasteiger partial charge in [-0.15, -0.1) is 0 Å². The first-order valence-corrected chi connectivity index (χ1v) is 11.2. The van der Waals surface area contributed by atoms with Crippen molar-refractivity contribution in [2.45, 2.75) is 51.1 Å². The van der Waals surface area contributed by atoms with Crippen molar-refractivity contribution in [1.29, 1.82) is 0 Å². The molecule has 1 aromatic carbocycles. The standard InChI is InChI=1S/C19H25FN2O4S/c1-2-4-18(23)21-17-11-27(25,26)10-15(17)19(24)22-16-6-3-5-12-9-13(20)7-8-14(12)16/h7-9,15-17H,2-6,10-11H2,1H3,(H,21,23)(H,22,24)/t15-,16?,17-/m1/s1.